The molecule has 0 atom stereocenters. The van der Waals surface area contributed by atoms with Gasteiger partial charge in [-0.2, -0.15) is 0 Å². The van der Waals surface area contributed by atoms with E-state index < -0.39 is 0 Å². The highest BCUT2D eigenvalue weighted by atomic mass is 79.9. The number of halogens is 1. The summed E-state index contributed by atoms with van der Waals surface area (Å²) >= 11 is 3.65. The van der Waals surface area contributed by atoms with Gasteiger partial charge in [-0.05, 0) is 32.1 Å². The van der Waals surface area contributed by atoms with Crippen LogP contribution in [0.15, 0.2) is 0 Å². The molecule has 0 heterocycles. The molecule has 0 aliphatic heterocycles. The van der Waals surface area contributed by atoms with Crippen LogP contribution in [-0.2, 0) is 0 Å². The van der Waals surface area contributed by atoms with Crippen LogP contribution in [0.5, 0.6) is 0 Å². The van der Waals surface area contributed by atoms with Crippen molar-refractivity contribution in [2.24, 2.45) is 0 Å². The highest BCUT2D eigenvalue weighted by molar-refractivity contribution is 9.09. The Labute approximate surface area is 143 Å². The number of quaternary nitrogens is 1. The highest BCUT2D eigenvalue weighted by Crippen LogP contribution is 2.18. The molecule has 0 aromatic heterocycles. The highest BCUT2D eigenvalue weighted by Gasteiger charge is 2.25. The quantitative estimate of drug-likeness (QED) is 0.166. The molecule has 128 valence electrons. The third-order valence-corrected chi connectivity index (χ3v) is 5.28. The molecule has 0 radical (unpaired) electrons. The minimum absolute atomic E-state index is 1.17. The zero-order chi connectivity index (χ0) is 15.8. The van der Waals surface area contributed by atoms with E-state index in [0.29, 0.717) is 0 Å². The average molecular weight is 363 g/mol. The van der Waals surface area contributed by atoms with Gasteiger partial charge in [-0.1, -0.05) is 68.8 Å². The molecule has 0 bridgehead atoms. The third-order valence-electron chi connectivity index (χ3n) is 4.72. The summed E-state index contributed by atoms with van der Waals surface area (Å²) in [5.41, 5.74) is 0. The van der Waals surface area contributed by atoms with Gasteiger partial charge in [-0.25, -0.2) is 0 Å². The lowest BCUT2D eigenvalue weighted by atomic mass is 10.1. The van der Waals surface area contributed by atoms with E-state index in [2.05, 4.69) is 36.7 Å². The van der Waals surface area contributed by atoms with Crippen molar-refractivity contribution in [3.63, 3.8) is 0 Å². The van der Waals surface area contributed by atoms with Gasteiger partial charge in [-0.15, -0.1) is 0 Å². The summed E-state index contributed by atoms with van der Waals surface area (Å²) in [7, 11) is 0. The molecule has 2 heteroatoms. The van der Waals surface area contributed by atoms with Crippen molar-refractivity contribution in [3.8, 4) is 0 Å². The second-order valence-electron chi connectivity index (χ2n) is 6.75. The summed E-state index contributed by atoms with van der Waals surface area (Å²) in [6.45, 7) is 12.6. The SMILES string of the molecule is CCCCCC[N+](CCCC)(CCCBr)CCCCCC. The fourth-order valence-corrected chi connectivity index (χ4v) is 3.56. The lowest BCUT2D eigenvalue weighted by Gasteiger charge is -2.39. The van der Waals surface area contributed by atoms with E-state index in [0.717, 1.165) is 0 Å². The van der Waals surface area contributed by atoms with Crippen LogP contribution >= 0.6 is 15.9 Å². The van der Waals surface area contributed by atoms with E-state index in [9.17, 15) is 0 Å². The Morgan fingerprint density at radius 1 is 0.524 bits per heavy atom. The van der Waals surface area contributed by atoms with Crippen molar-refractivity contribution in [1.82, 2.24) is 0 Å². The van der Waals surface area contributed by atoms with Crippen molar-refractivity contribution in [2.45, 2.75) is 91.4 Å². The number of unbranched alkanes of at least 4 members (excludes halogenated alkanes) is 7. The third kappa shape index (κ3) is 11.6. The standard InChI is InChI=1S/C19H41BrN/c1-4-7-10-12-17-21(16-9-6-3,19-14-15-20)18-13-11-8-5-2/h4-19H2,1-3H3/q+1. The summed E-state index contributed by atoms with van der Waals surface area (Å²) in [4.78, 5) is 0. The van der Waals surface area contributed by atoms with Crippen LogP contribution in [0, 0.1) is 0 Å². The molecule has 0 saturated heterocycles. The number of alkyl halides is 1. The molecule has 0 N–H and O–H groups in total. The van der Waals surface area contributed by atoms with Crippen LogP contribution in [-0.4, -0.2) is 36.0 Å². The van der Waals surface area contributed by atoms with Gasteiger partial charge in [0.05, 0.1) is 26.2 Å². The smallest absolute Gasteiger partial charge is 0.0794 e. The van der Waals surface area contributed by atoms with E-state index in [-0.39, 0.29) is 0 Å². The lowest BCUT2D eigenvalue weighted by molar-refractivity contribution is -0.928. The number of hydrogen-bond acceptors (Lipinski definition) is 0. The summed E-state index contributed by atoms with van der Waals surface area (Å²) in [6, 6.07) is 0. The molecule has 0 amide bonds. The molecule has 21 heavy (non-hydrogen) atoms. The van der Waals surface area contributed by atoms with Crippen LogP contribution in [0.4, 0.5) is 0 Å². The molecular formula is C19H41BrN+. The maximum atomic E-state index is 3.65. The normalized spacial score (nSPS) is 12.0. The fraction of sp³-hybridized carbons (Fsp3) is 1.00. The second-order valence-corrected chi connectivity index (χ2v) is 7.55. The molecule has 0 fully saturated rings. The average Bonchev–Trinajstić information content (AvgIpc) is 2.51. The Balaban J connectivity index is 4.43. The first-order valence-electron chi connectivity index (χ1n) is 9.65. The van der Waals surface area contributed by atoms with Gasteiger partial charge in [0, 0.05) is 11.8 Å². The minimum Gasteiger partial charge on any atom is -0.324 e. The van der Waals surface area contributed by atoms with Crippen molar-refractivity contribution < 1.29 is 4.48 Å². The first kappa shape index (κ1) is 21.4. The van der Waals surface area contributed by atoms with Crippen LogP contribution in [0.3, 0.4) is 0 Å². The van der Waals surface area contributed by atoms with E-state index in [1.807, 2.05) is 0 Å². The van der Waals surface area contributed by atoms with Crippen molar-refractivity contribution in [2.75, 3.05) is 31.5 Å². The first-order valence-corrected chi connectivity index (χ1v) is 10.8. The molecule has 1 nitrogen and oxygen atoms in total. The Kier molecular flexibility index (Phi) is 15.7. The van der Waals surface area contributed by atoms with E-state index >= 15 is 0 Å². The zero-order valence-electron chi connectivity index (χ0n) is 15.1. The Bertz CT molecular complexity index is 184. The maximum absolute atomic E-state index is 3.65. The summed E-state index contributed by atoms with van der Waals surface area (Å²) in [6.07, 6.45) is 15.4. The van der Waals surface area contributed by atoms with E-state index in [1.165, 1.54) is 107 Å². The zero-order valence-corrected chi connectivity index (χ0v) is 16.7. The predicted molar refractivity (Wildman–Crippen MR) is 101 cm³/mol. The van der Waals surface area contributed by atoms with Crippen LogP contribution < -0.4 is 0 Å². The maximum Gasteiger partial charge on any atom is 0.0794 e. The van der Waals surface area contributed by atoms with Gasteiger partial charge in [0.15, 0.2) is 0 Å². The first-order chi connectivity index (χ1) is 10.2. The van der Waals surface area contributed by atoms with Gasteiger partial charge < -0.3 is 4.48 Å². The van der Waals surface area contributed by atoms with Crippen LogP contribution in [0.2, 0.25) is 0 Å². The predicted octanol–water partition coefficient (Wildman–Crippen LogP) is 6.55. The van der Waals surface area contributed by atoms with Crippen molar-refractivity contribution in [3.05, 3.63) is 0 Å². The second kappa shape index (κ2) is 15.3. The van der Waals surface area contributed by atoms with Crippen molar-refractivity contribution >= 4 is 15.9 Å². The molecule has 0 aromatic carbocycles. The molecule has 0 saturated carbocycles. The number of rotatable bonds is 16. The summed E-state index contributed by atoms with van der Waals surface area (Å²) in [5.74, 6) is 0. The van der Waals surface area contributed by atoms with Gasteiger partial charge in [-0.3, -0.25) is 0 Å². The summed E-state index contributed by atoms with van der Waals surface area (Å²) < 4.78 is 1.41. The van der Waals surface area contributed by atoms with Gasteiger partial charge in [0.1, 0.15) is 0 Å². The van der Waals surface area contributed by atoms with Crippen LogP contribution in [0.25, 0.3) is 0 Å². The Morgan fingerprint density at radius 3 is 1.38 bits per heavy atom. The fourth-order valence-electron chi connectivity index (χ4n) is 3.31. The largest absolute Gasteiger partial charge is 0.324 e. The Hall–Kier alpha value is 0.440. The Morgan fingerprint density at radius 2 is 0.952 bits per heavy atom. The molecule has 0 rings (SSSR count). The molecule has 0 aliphatic rings. The van der Waals surface area contributed by atoms with E-state index in [4.69, 9.17) is 0 Å². The monoisotopic (exact) mass is 362 g/mol. The van der Waals surface area contributed by atoms with Crippen molar-refractivity contribution in [1.29, 1.82) is 0 Å². The molecule has 0 aromatic rings. The number of hydrogen-bond donors (Lipinski definition) is 0. The van der Waals surface area contributed by atoms with Gasteiger partial charge in [0.2, 0.25) is 0 Å². The minimum atomic E-state index is 1.17. The topological polar surface area (TPSA) is 0 Å². The van der Waals surface area contributed by atoms with Gasteiger partial charge in [0.25, 0.3) is 0 Å². The molecule has 0 spiro atoms. The summed E-state index contributed by atoms with van der Waals surface area (Å²) in [5, 5.41) is 1.17. The lowest BCUT2D eigenvalue weighted by Crippen LogP contribution is -2.51. The van der Waals surface area contributed by atoms with Crippen LogP contribution in [0.1, 0.15) is 91.4 Å². The molecular weight excluding hydrogens is 322 g/mol. The number of nitrogens with zero attached hydrogens (tertiary/aromatic N) is 1. The van der Waals surface area contributed by atoms with Gasteiger partial charge >= 0.3 is 0 Å². The van der Waals surface area contributed by atoms with E-state index in [1.54, 1.807) is 0 Å². The molecule has 0 aliphatic carbocycles. The molecule has 0 unspecified atom stereocenters.